The Balaban J connectivity index is 2.70. The molecule has 0 aliphatic rings. The number of anilines is 1. The summed E-state index contributed by atoms with van der Waals surface area (Å²) in [6.07, 6.45) is 5.62. The van der Waals surface area contributed by atoms with Gasteiger partial charge in [-0.25, -0.2) is 0 Å². The molecule has 0 aliphatic carbocycles. The summed E-state index contributed by atoms with van der Waals surface area (Å²) in [5.74, 6) is 2.32. The summed E-state index contributed by atoms with van der Waals surface area (Å²) in [7, 11) is 0. The number of benzene rings is 1. The normalized spacial score (nSPS) is 9.33. The van der Waals surface area contributed by atoms with E-state index in [9.17, 15) is 4.79 Å². The third-order valence-electron chi connectivity index (χ3n) is 1.92. The number of hydrogen-bond acceptors (Lipinski definition) is 2. The standard InChI is InChI=1S/C12H14N2O/c1-3-4-5-14-12(15)10-6-9(2)7-11(13)8-10/h1,6-8H,4-5,13H2,2H3,(H,14,15). The van der Waals surface area contributed by atoms with Crippen molar-refractivity contribution < 1.29 is 4.79 Å². The van der Waals surface area contributed by atoms with Crippen LogP contribution in [0.15, 0.2) is 18.2 Å². The summed E-state index contributed by atoms with van der Waals surface area (Å²) >= 11 is 0. The average Bonchev–Trinajstić information content (AvgIpc) is 2.16. The second kappa shape index (κ2) is 5.06. The van der Waals surface area contributed by atoms with Crippen LogP contribution < -0.4 is 11.1 Å². The highest BCUT2D eigenvalue weighted by molar-refractivity contribution is 5.95. The Hall–Kier alpha value is -1.95. The van der Waals surface area contributed by atoms with Gasteiger partial charge in [-0.15, -0.1) is 12.3 Å². The summed E-state index contributed by atoms with van der Waals surface area (Å²) in [6.45, 7) is 2.39. The van der Waals surface area contributed by atoms with Crippen LogP contribution in [-0.4, -0.2) is 12.5 Å². The molecule has 0 spiro atoms. The van der Waals surface area contributed by atoms with Gasteiger partial charge in [-0.1, -0.05) is 0 Å². The third-order valence-corrected chi connectivity index (χ3v) is 1.92. The van der Waals surface area contributed by atoms with Gasteiger partial charge in [-0.2, -0.15) is 0 Å². The summed E-state index contributed by atoms with van der Waals surface area (Å²) in [5, 5.41) is 2.72. The van der Waals surface area contributed by atoms with Gasteiger partial charge < -0.3 is 11.1 Å². The van der Waals surface area contributed by atoms with Crippen LogP contribution in [0.1, 0.15) is 22.3 Å². The molecule has 0 fully saturated rings. The van der Waals surface area contributed by atoms with Gasteiger partial charge in [0.15, 0.2) is 0 Å². The molecule has 3 N–H and O–H groups in total. The first-order valence-corrected chi connectivity index (χ1v) is 4.72. The number of rotatable bonds is 3. The number of hydrogen-bond donors (Lipinski definition) is 2. The first-order chi connectivity index (χ1) is 7.13. The minimum atomic E-state index is -0.138. The number of amides is 1. The van der Waals surface area contributed by atoms with Crippen molar-refractivity contribution in [2.45, 2.75) is 13.3 Å². The van der Waals surface area contributed by atoms with Crippen LogP contribution in [0.4, 0.5) is 5.69 Å². The Bertz CT molecular complexity index is 384. The van der Waals surface area contributed by atoms with Crippen molar-refractivity contribution in [2.24, 2.45) is 0 Å². The Morgan fingerprint density at radius 3 is 2.87 bits per heavy atom. The number of aryl methyl sites for hydroxylation is 1. The number of carbonyl (C=O) groups excluding carboxylic acids is 1. The van der Waals surface area contributed by atoms with E-state index in [1.165, 1.54) is 0 Å². The van der Waals surface area contributed by atoms with E-state index in [2.05, 4.69) is 11.2 Å². The Morgan fingerprint density at radius 1 is 1.53 bits per heavy atom. The van der Waals surface area contributed by atoms with E-state index in [-0.39, 0.29) is 5.91 Å². The quantitative estimate of drug-likeness (QED) is 0.441. The van der Waals surface area contributed by atoms with E-state index in [1.54, 1.807) is 12.1 Å². The topological polar surface area (TPSA) is 55.1 Å². The van der Waals surface area contributed by atoms with Gasteiger partial charge in [0.1, 0.15) is 0 Å². The number of nitrogens with one attached hydrogen (secondary N) is 1. The van der Waals surface area contributed by atoms with Crippen LogP contribution in [0, 0.1) is 19.3 Å². The lowest BCUT2D eigenvalue weighted by atomic mass is 10.1. The van der Waals surface area contributed by atoms with Gasteiger partial charge in [-0.05, 0) is 30.7 Å². The molecule has 1 rings (SSSR count). The summed E-state index contributed by atoms with van der Waals surface area (Å²) in [4.78, 5) is 11.6. The lowest BCUT2D eigenvalue weighted by Crippen LogP contribution is -2.24. The first-order valence-electron chi connectivity index (χ1n) is 4.72. The monoisotopic (exact) mass is 202 g/mol. The molecule has 78 valence electrons. The predicted octanol–water partition coefficient (Wildman–Crippen LogP) is 1.33. The molecular formula is C12H14N2O. The van der Waals surface area contributed by atoms with Crippen LogP contribution in [0.3, 0.4) is 0 Å². The number of terminal acetylenes is 1. The Morgan fingerprint density at radius 2 is 2.27 bits per heavy atom. The van der Waals surface area contributed by atoms with Gasteiger partial charge in [0.2, 0.25) is 0 Å². The van der Waals surface area contributed by atoms with Crippen molar-refractivity contribution in [1.29, 1.82) is 0 Å². The van der Waals surface area contributed by atoms with Crippen LogP contribution in [0.5, 0.6) is 0 Å². The molecule has 0 heterocycles. The lowest BCUT2D eigenvalue weighted by Gasteiger charge is -2.05. The number of nitrogen functional groups attached to an aromatic ring is 1. The molecule has 1 aromatic carbocycles. The van der Waals surface area contributed by atoms with E-state index in [4.69, 9.17) is 12.2 Å². The zero-order valence-electron chi connectivity index (χ0n) is 8.71. The molecule has 0 bridgehead atoms. The summed E-state index contributed by atoms with van der Waals surface area (Å²) in [6, 6.07) is 5.26. The van der Waals surface area contributed by atoms with Crippen molar-refractivity contribution in [3.8, 4) is 12.3 Å². The van der Waals surface area contributed by atoms with Gasteiger partial charge >= 0.3 is 0 Å². The maximum atomic E-state index is 11.6. The largest absolute Gasteiger partial charge is 0.399 e. The van der Waals surface area contributed by atoms with E-state index in [1.807, 2.05) is 13.0 Å². The fraction of sp³-hybridized carbons (Fsp3) is 0.250. The van der Waals surface area contributed by atoms with E-state index >= 15 is 0 Å². The minimum absolute atomic E-state index is 0.138. The molecule has 0 unspecified atom stereocenters. The molecule has 3 heteroatoms. The zero-order chi connectivity index (χ0) is 11.3. The number of carbonyl (C=O) groups is 1. The lowest BCUT2D eigenvalue weighted by molar-refractivity contribution is 0.0954. The van der Waals surface area contributed by atoms with Crippen LogP contribution >= 0.6 is 0 Å². The van der Waals surface area contributed by atoms with Crippen LogP contribution in [0.25, 0.3) is 0 Å². The van der Waals surface area contributed by atoms with E-state index in [0.29, 0.717) is 24.2 Å². The molecule has 0 saturated heterocycles. The van der Waals surface area contributed by atoms with Crippen LogP contribution in [-0.2, 0) is 0 Å². The van der Waals surface area contributed by atoms with Crippen molar-refractivity contribution in [2.75, 3.05) is 12.3 Å². The molecule has 1 amide bonds. The van der Waals surface area contributed by atoms with Gasteiger partial charge in [-0.3, -0.25) is 4.79 Å². The van der Waals surface area contributed by atoms with Gasteiger partial charge in [0.25, 0.3) is 5.91 Å². The van der Waals surface area contributed by atoms with E-state index < -0.39 is 0 Å². The SMILES string of the molecule is C#CCCNC(=O)c1cc(C)cc(N)c1. The molecule has 0 saturated carbocycles. The van der Waals surface area contributed by atoms with E-state index in [0.717, 1.165) is 5.56 Å². The van der Waals surface area contributed by atoms with Crippen molar-refractivity contribution >= 4 is 11.6 Å². The second-order valence-electron chi connectivity index (χ2n) is 3.34. The zero-order valence-corrected chi connectivity index (χ0v) is 8.71. The molecule has 0 aliphatic heterocycles. The Kier molecular flexibility index (Phi) is 3.75. The maximum absolute atomic E-state index is 11.6. The third kappa shape index (κ3) is 3.35. The summed E-state index contributed by atoms with van der Waals surface area (Å²) < 4.78 is 0. The predicted molar refractivity (Wildman–Crippen MR) is 61.4 cm³/mol. The van der Waals surface area contributed by atoms with Gasteiger partial charge in [0, 0.05) is 24.2 Å². The van der Waals surface area contributed by atoms with Crippen molar-refractivity contribution in [1.82, 2.24) is 5.32 Å². The molecule has 0 aromatic heterocycles. The number of nitrogens with two attached hydrogens (primary N) is 1. The highest BCUT2D eigenvalue weighted by Crippen LogP contribution is 2.10. The average molecular weight is 202 g/mol. The molecule has 0 atom stereocenters. The van der Waals surface area contributed by atoms with Crippen LogP contribution in [0.2, 0.25) is 0 Å². The fourth-order valence-electron chi connectivity index (χ4n) is 1.29. The molecular weight excluding hydrogens is 188 g/mol. The second-order valence-corrected chi connectivity index (χ2v) is 3.34. The highest BCUT2D eigenvalue weighted by Gasteiger charge is 2.05. The van der Waals surface area contributed by atoms with Gasteiger partial charge in [0.05, 0.1) is 0 Å². The minimum Gasteiger partial charge on any atom is -0.399 e. The fourth-order valence-corrected chi connectivity index (χ4v) is 1.29. The van der Waals surface area contributed by atoms with Crippen molar-refractivity contribution in [3.63, 3.8) is 0 Å². The molecule has 0 radical (unpaired) electrons. The Labute approximate surface area is 89.7 Å². The molecule has 1 aromatic rings. The maximum Gasteiger partial charge on any atom is 0.251 e. The molecule has 15 heavy (non-hydrogen) atoms. The summed E-state index contributed by atoms with van der Waals surface area (Å²) in [5.41, 5.74) is 7.78. The highest BCUT2D eigenvalue weighted by atomic mass is 16.1. The molecule has 3 nitrogen and oxygen atoms in total. The van der Waals surface area contributed by atoms with Crippen molar-refractivity contribution in [3.05, 3.63) is 29.3 Å². The first kappa shape index (κ1) is 11.1. The smallest absolute Gasteiger partial charge is 0.251 e.